The number of hydrogen-bond donors (Lipinski definition) is 0. The second-order valence-corrected chi connectivity index (χ2v) is 10.4. The highest BCUT2D eigenvalue weighted by molar-refractivity contribution is 7.91. The quantitative estimate of drug-likeness (QED) is 0.774. The van der Waals surface area contributed by atoms with Crippen molar-refractivity contribution >= 4 is 21.4 Å². The fourth-order valence-corrected chi connectivity index (χ4v) is 6.30. The molecule has 2 aliphatic heterocycles. The van der Waals surface area contributed by atoms with E-state index < -0.39 is 9.84 Å². The first-order valence-corrected chi connectivity index (χ1v) is 12.1. The molecule has 5 nitrogen and oxygen atoms in total. The molecule has 0 radical (unpaired) electrons. The third-order valence-electron chi connectivity index (χ3n) is 6.27. The van der Waals surface area contributed by atoms with Crippen LogP contribution in [0.2, 0.25) is 0 Å². The Kier molecular flexibility index (Phi) is 5.38. The molecule has 0 aliphatic carbocycles. The molecule has 0 N–H and O–H groups in total. The summed E-state index contributed by atoms with van der Waals surface area (Å²) in [6.07, 6.45) is 2.54. The van der Waals surface area contributed by atoms with Crippen LogP contribution in [0.15, 0.2) is 48.5 Å². The molecule has 2 aromatic rings. The average Bonchev–Trinajstić information content (AvgIpc) is 3.11. The number of anilines is 1. The third-order valence-corrected chi connectivity index (χ3v) is 8.02. The van der Waals surface area contributed by atoms with E-state index in [1.165, 1.54) is 16.7 Å². The van der Waals surface area contributed by atoms with Crippen LogP contribution in [0.4, 0.5) is 5.69 Å². The third kappa shape index (κ3) is 4.04. The van der Waals surface area contributed by atoms with Crippen LogP contribution < -0.4 is 4.90 Å². The van der Waals surface area contributed by atoms with Crippen LogP contribution in [0.3, 0.4) is 0 Å². The highest BCUT2D eigenvalue weighted by atomic mass is 32.2. The average molecular weight is 413 g/mol. The molecule has 4 rings (SSSR count). The van der Waals surface area contributed by atoms with Crippen molar-refractivity contribution < 1.29 is 13.2 Å². The van der Waals surface area contributed by atoms with Crippen molar-refractivity contribution in [1.29, 1.82) is 0 Å². The molecule has 6 heteroatoms. The van der Waals surface area contributed by atoms with Gasteiger partial charge in [0, 0.05) is 25.3 Å². The van der Waals surface area contributed by atoms with Crippen LogP contribution in [0.25, 0.3) is 11.1 Å². The van der Waals surface area contributed by atoms with Gasteiger partial charge in [0.05, 0.1) is 11.5 Å². The maximum absolute atomic E-state index is 13.1. The Labute approximate surface area is 173 Å². The van der Waals surface area contributed by atoms with E-state index in [0.29, 0.717) is 6.42 Å². The second kappa shape index (κ2) is 7.82. The molecule has 2 unspecified atom stereocenters. The van der Waals surface area contributed by atoms with Crippen molar-refractivity contribution in [3.63, 3.8) is 0 Å². The van der Waals surface area contributed by atoms with Crippen molar-refractivity contribution in [2.45, 2.75) is 38.3 Å². The monoisotopic (exact) mass is 412 g/mol. The lowest BCUT2D eigenvalue weighted by atomic mass is 9.95. The number of aryl methyl sites for hydroxylation is 1. The molecule has 29 heavy (non-hydrogen) atoms. The summed E-state index contributed by atoms with van der Waals surface area (Å²) < 4.78 is 23.6. The summed E-state index contributed by atoms with van der Waals surface area (Å²) in [4.78, 5) is 17.0. The van der Waals surface area contributed by atoms with E-state index in [2.05, 4.69) is 35.2 Å². The van der Waals surface area contributed by atoms with E-state index >= 15 is 0 Å². The van der Waals surface area contributed by atoms with E-state index in [4.69, 9.17) is 0 Å². The van der Waals surface area contributed by atoms with Gasteiger partial charge in [-0.3, -0.25) is 4.79 Å². The van der Waals surface area contributed by atoms with Gasteiger partial charge in [-0.25, -0.2) is 8.42 Å². The van der Waals surface area contributed by atoms with Gasteiger partial charge in [-0.05, 0) is 55.0 Å². The molecule has 1 amide bonds. The summed E-state index contributed by atoms with van der Waals surface area (Å²) in [6.45, 7) is 2.77. The molecule has 0 saturated carbocycles. The van der Waals surface area contributed by atoms with Gasteiger partial charge >= 0.3 is 0 Å². The number of amides is 1. The van der Waals surface area contributed by atoms with E-state index in [1.54, 1.807) is 11.9 Å². The van der Waals surface area contributed by atoms with E-state index in [9.17, 15) is 13.2 Å². The Morgan fingerprint density at radius 2 is 1.90 bits per heavy atom. The normalized spacial score (nSPS) is 21.4. The van der Waals surface area contributed by atoms with Gasteiger partial charge in [0.2, 0.25) is 5.91 Å². The molecule has 2 atom stereocenters. The summed E-state index contributed by atoms with van der Waals surface area (Å²) in [5, 5.41) is 0. The SMILES string of the molecule is CC(C(=O)N(C)C1CCS(=O)(=O)C1)N1CCCc2cc(-c3ccccc3)ccc21. The van der Waals surface area contributed by atoms with Crippen LogP contribution in [0.5, 0.6) is 0 Å². The molecular weight excluding hydrogens is 384 g/mol. The van der Waals surface area contributed by atoms with Gasteiger partial charge in [-0.2, -0.15) is 0 Å². The minimum atomic E-state index is -3.01. The van der Waals surface area contributed by atoms with Gasteiger partial charge < -0.3 is 9.80 Å². The van der Waals surface area contributed by atoms with Crippen LogP contribution in [0.1, 0.15) is 25.3 Å². The number of hydrogen-bond acceptors (Lipinski definition) is 4. The standard InChI is InChI=1S/C23H28N2O3S/c1-17(23(26)24(2)21-12-14-29(27,28)16-21)25-13-6-9-20-15-19(10-11-22(20)25)18-7-4-3-5-8-18/h3-5,7-8,10-11,15,17,21H,6,9,12-14,16H2,1-2H3. The zero-order chi connectivity index (χ0) is 20.6. The van der Waals surface area contributed by atoms with Crippen LogP contribution in [-0.2, 0) is 21.1 Å². The van der Waals surface area contributed by atoms with Gasteiger partial charge in [0.15, 0.2) is 9.84 Å². The number of rotatable bonds is 4. The van der Waals surface area contributed by atoms with Gasteiger partial charge in [0.25, 0.3) is 0 Å². The molecule has 0 bridgehead atoms. The van der Waals surface area contributed by atoms with Crippen LogP contribution in [-0.4, -0.2) is 56.4 Å². The zero-order valence-corrected chi connectivity index (χ0v) is 17.9. The molecule has 2 heterocycles. The summed E-state index contributed by atoms with van der Waals surface area (Å²) >= 11 is 0. The molecule has 0 aromatic heterocycles. The lowest BCUT2D eigenvalue weighted by molar-refractivity contribution is -0.132. The molecule has 1 fully saturated rings. The van der Waals surface area contributed by atoms with Crippen molar-refractivity contribution in [3.8, 4) is 11.1 Å². The highest BCUT2D eigenvalue weighted by Crippen LogP contribution is 2.33. The lowest BCUT2D eigenvalue weighted by Crippen LogP contribution is -2.50. The Bertz CT molecular complexity index is 1000. The topological polar surface area (TPSA) is 57.7 Å². The van der Waals surface area contributed by atoms with Crippen LogP contribution >= 0.6 is 0 Å². The Balaban J connectivity index is 1.55. The summed E-state index contributed by atoms with van der Waals surface area (Å²) in [5.74, 6) is 0.254. The maximum Gasteiger partial charge on any atom is 0.245 e. The van der Waals surface area contributed by atoms with Crippen molar-refractivity contribution in [2.24, 2.45) is 0 Å². The van der Waals surface area contributed by atoms with Gasteiger partial charge in [-0.15, -0.1) is 0 Å². The highest BCUT2D eigenvalue weighted by Gasteiger charge is 2.36. The summed E-state index contributed by atoms with van der Waals surface area (Å²) in [7, 11) is -1.27. The maximum atomic E-state index is 13.1. The Morgan fingerprint density at radius 1 is 1.14 bits per heavy atom. The molecular formula is C23H28N2O3S. The number of benzene rings is 2. The fraction of sp³-hybridized carbons (Fsp3) is 0.435. The van der Waals surface area contributed by atoms with Gasteiger partial charge in [0.1, 0.15) is 6.04 Å². The molecule has 1 saturated heterocycles. The zero-order valence-electron chi connectivity index (χ0n) is 17.0. The first-order valence-electron chi connectivity index (χ1n) is 10.3. The first kappa shape index (κ1) is 20.0. The lowest BCUT2D eigenvalue weighted by Gasteiger charge is -2.38. The van der Waals surface area contributed by atoms with Crippen LogP contribution in [0, 0.1) is 0 Å². The summed E-state index contributed by atoms with van der Waals surface area (Å²) in [6, 6.07) is 16.3. The minimum absolute atomic E-state index is 0.00733. The molecule has 154 valence electrons. The van der Waals surface area contributed by atoms with Crippen molar-refractivity contribution in [1.82, 2.24) is 4.90 Å². The van der Waals surface area contributed by atoms with E-state index in [0.717, 1.165) is 25.1 Å². The smallest absolute Gasteiger partial charge is 0.245 e. The number of likely N-dealkylation sites (N-methyl/N-ethyl adjacent to an activating group) is 1. The van der Waals surface area contributed by atoms with Crippen molar-refractivity contribution in [3.05, 3.63) is 54.1 Å². The van der Waals surface area contributed by atoms with Gasteiger partial charge in [-0.1, -0.05) is 36.4 Å². The number of nitrogens with zero attached hydrogens (tertiary/aromatic N) is 2. The minimum Gasteiger partial charge on any atom is -0.360 e. The first-order chi connectivity index (χ1) is 13.9. The summed E-state index contributed by atoms with van der Waals surface area (Å²) in [5.41, 5.74) is 4.77. The predicted octanol–water partition coefficient (Wildman–Crippen LogP) is 3.14. The predicted molar refractivity (Wildman–Crippen MR) is 117 cm³/mol. The number of sulfone groups is 1. The largest absolute Gasteiger partial charge is 0.360 e. The Morgan fingerprint density at radius 3 is 2.59 bits per heavy atom. The Hall–Kier alpha value is -2.34. The second-order valence-electron chi connectivity index (χ2n) is 8.19. The molecule has 0 spiro atoms. The van der Waals surface area contributed by atoms with E-state index in [1.807, 2.05) is 25.1 Å². The molecule has 2 aromatic carbocycles. The van der Waals surface area contributed by atoms with E-state index in [-0.39, 0.29) is 29.5 Å². The number of carbonyl (C=O) groups excluding carboxylic acids is 1. The van der Waals surface area contributed by atoms with Crippen molar-refractivity contribution in [2.75, 3.05) is 30.0 Å². The fourth-order valence-electron chi connectivity index (χ4n) is 4.53. The molecule has 2 aliphatic rings. The number of fused-ring (bicyclic) bond motifs is 1. The number of carbonyl (C=O) groups is 1.